The molecule has 2 aromatic rings. The number of hydrogen-bond donors (Lipinski definition) is 0. The van der Waals surface area contributed by atoms with Crippen molar-refractivity contribution in [3.05, 3.63) is 59.7 Å². The zero-order chi connectivity index (χ0) is 18.6. The molecule has 0 fully saturated rings. The molecule has 3 rings (SSSR count). The van der Waals surface area contributed by atoms with Crippen molar-refractivity contribution in [1.29, 1.82) is 0 Å². The van der Waals surface area contributed by atoms with Crippen LogP contribution in [0.4, 0.5) is 0 Å². The van der Waals surface area contributed by atoms with Gasteiger partial charge in [-0.3, -0.25) is 0 Å². The number of unbranched alkanes of at least 4 members (excludes halogenated alkanes) is 1. The topological polar surface area (TPSA) is 71.3 Å². The molecule has 0 radical (unpaired) electrons. The van der Waals surface area contributed by atoms with Crippen LogP contribution in [0.2, 0.25) is 0 Å². The van der Waals surface area contributed by atoms with E-state index < -0.39 is 10.0 Å². The van der Waals surface area contributed by atoms with Gasteiger partial charge in [0.1, 0.15) is 10.6 Å². The maximum absolute atomic E-state index is 12.1. The number of nitrogens with zero attached hydrogens (tertiary/aromatic N) is 3. The maximum Gasteiger partial charge on any atom is 0.285 e. The van der Waals surface area contributed by atoms with E-state index in [2.05, 4.69) is 16.4 Å². The first-order valence-electron chi connectivity index (χ1n) is 8.46. The highest BCUT2D eigenvalue weighted by Gasteiger charge is 2.30. The highest BCUT2D eigenvalue weighted by molar-refractivity contribution is 7.90. The summed E-state index contributed by atoms with van der Waals surface area (Å²) in [4.78, 5) is 0.214. The summed E-state index contributed by atoms with van der Waals surface area (Å²) in [6.45, 7) is 2.83. The highest BCUT2D eigenvalue weighted by Crippen LogP contribution is 2.27. The van der Waals surface area contributed by atoms with Crippen LogP contribution < -0.4 is 4.74 Å². The van der Waals surface area contributed by atoms with Crippen molar-refractivity contribution in [2.24, 2.45) is 9.50 Å². The number of hydrazone groups is 1. The van der Waals surface area contributed by atoms with Crippen molar-refractivity contribution in [1.82, 2.24) is 5.01 Å². The van der Waals surface area contributed by atoms with Crippen molar-refractivity contribution in [3.8, 4) is 5.75 Å². The van der Waals surface area contributed by atoms with Crippen LogP contribution in [-0.4, -0.2) is 39.1 Å². The SMILES string of the molecule is CCCCOc1ccc(/C=N/N(C)C2=NS(=O)(=O)c3ccccc32)cc1. The molecule has 136 valence electrons. The molecule has 1 heterocycles. The van der Waals surface area contributed by atoms with E-state index in [1.165, 1.54) is 5.01 Å². The molecule has 0 bridgehead atoms. The third kappa shape index (κ3) is 3.94. The van der Waals surface area contributed by atoms with Gasteiger partial charge in [-0.15, -0.1) is 4.40 Å². The molecule has 0 atom stereocenters. The van der Waals surface area contributed by atoms with Crippen LogP contribution in [0.5, 0.6) is 5.75 Å². The number of sulfonamides is 1. The van der Waals surface area contributed by atoms with Gasteiger partial charge in [0.2, 0.25) is 0 Å². The molecule has 0 saturated carbocycles. The van der Waals surface area contributed by atoms with E-state index in [0.717, 1.165) is 24.2 Å². The molecule has 0 unspecified atom stereocenters. The van der Waals surface area contributed by atoms with Gasteiger partial charge in [0, 0.05) is 12.6 Å². The van der Waals surface area contributed by atoms with E-state index >= 15 is 0 Å². The van der Waals surface area contributed by atoms with Crippen molar-refractivity contribution in [2.45, 2.75) is 24.7 Å². The maximum atomic E-state index is 12.1. The quantitative estimate of drug-likeness (QED) is 0.444. The first kappa shape index (κ1) is 18.1. The van der Waals surface area contributed by atoms with E-state index in [-0.39, 0.29) is 4.90 Å². The molecular formula is C19H21N3O3S. The molecule has 7 heteroatoms. The Morgan fingerprint density at radius 3 is 2.62 bits per heavy atom. The Balaban J connectivity index is 1.71. The first-order valence-corrected chi connectivity index (χ1v) is 9.90. The number of fused-ring (bicyclic) bond motifs is 1. The molecule has 0 saturated heterocycles. The lowest BCUT2D eigenvalue weighted by molar-refractivity contribution is 0.309. The van der Waals surface area contributed by atoms with Crippen LogP contribution in [0.1, 0.15) is 30.9 Å². The summed E-state index contributed by atoms with van der Waals surface area (Å²) in [5.41, 5.74) is 1.45. The van der Waals surface area contributed by atoms with E-state index in [1.807, 2.05) is 24.3 Å². The summed E-state index contributed by atoms with van der Waals surface area (Å²) in [6.07, 6.45) is 3.78. The van der Waals surface area contributed by atoms with Gasteiger partial charge in [-0.25, -0.2) is 5.01 Å². The van der Waals surface area contributed by atoms with Gasteiger partial charge in [-0.2, -0.15) is 13.5 Å². The minimum atomic E-state index is -3.64. The second-order valence-corrected chi connectivity index (χ2v) is 7.50. The predicted molar refractivity (Wildman–Crippen MR) is 102 cm³/mol. The fraction of sp³-hybridized carbons (Fsp3) is 0.263. The normalized spacial score (nSPS) is 14.9. The van der Waals surface area contributed by atoms with Gasteiger partial charge in [0.25, 0.3) is 10.0 Å². The van der Waals surface area contributed by atoms with Crippen molar-refractivity contribution in [3.63, 3.8) is 0 Å². The zero-order valence-corrected chi connectivity index (χ0v) is 15.6. The third-order valence-electron chi connectivity index (χ3n) is 3.95. The predicted octanol–water partition coefficient (Wildman–Crippen LogP) is 3.28. The fourth-order valence-electron chi connectivity index (χ4n) is 2.51. The molecule has 0 N–H and O–H groups in total. The van der Waals surface area contributed by atoms with Gasteiger partial charge in [-0.1, -0.05) is 25.5 Å². The molecule has 0 spiro atoms. The van der Waals surface area contributed by atoms with Crippen LogP contribution in [0.15, 0.2) is 62.9 Å². The summed E-state index contributed by atoms with van der Waals surface area (Å²) >= 11 is 0. The Labute approximate surface area is 153 Å². The molecule has 1 aliphatic rings. The molecule has 6 nitrogen and oxygen atoms in total. The number of hydrogen-bond acceptors (Lipinski definition) is 5. The summed E-state index contributed by atoms with van der Waals surface area (Å²) < 4.78 is 33.7. The first-order chi connectivity index (χ1) is 12.5. The average molecular weight is 371 g/mol. The standard InChI is InChI=1S/C19H21N3O3S/c1-3-4-13-25-16-11-9-15(10-12-16)14-20-22(2)19-17-7-5-6-8-18(17)26(23,24)21-19/h5-12,14H,3-4,13H2,1-2H3/b20-14+. The number of rotatable bonds is 6. The van der Waals surface area contributed by atoms with Gasteiger partial charge in [0.05, 0.1) is 12.8 Å². The minimum Gasteiger partial charge on any atom is -0.494 e. The molecule has 26 heavy (non-hydrogen) atoms. The molecule has 2 aromatic carbocycles. The van der Waals surface area contributed by atoms with Crippen LogP contribution in [0.3, 0.4) is 0 Å². The fourth-order valence-corrected chi connectivity index (χ4v) is 3.74. The van der Waals surface area contributed by atoms with Gasteiger partial charge < -0.3 is 4.74 Å². The van der Waals surface area contributed by atoms with E-state index in [1.54, 1.807) is 37.5 Å². The van der Waals surface area contributed by atoms with Crippen molar-refractivity contribution < 1.29 is 13.2 Å². The molecule has 0 amide bonds. The van der Waals surface area contributed by atoms with Gasteiger partial charge >= 0.3 is 0 Å². The Kier molecular flexibility index (Phi) is 5.37. The lowest BCUT2D eigenvalue weighted by Crippen LogP contribution is -2.21. The van der Waals surface area contributed by atoms with Gasteiger partial charge in [0.15, 0.2) is 5.84 Å². The Hall–Kier alpha value is -2.67. The van der Waals surface area contributed by atoms with Crippen LogP contribution >= 0.6 is 0 Å². The smallest absolute Gasteiger partial charge is 0.285 e. The largest absolute Gasteiger partial charge is 0.494 e. The van der Waals surface area contributed by atoms with E-state index in [0.29, 0.717) is 18.0 Å². The second kappa shape index (κ2) is 7.70. The molecule has 1 aliphatic heterocycles. The Bertz CT molecular complexity index is 935. The monoisotopic (exact) mass is 371 g/mol. The summed E-state index contributed by atoms with van der Waals surface area (Å²) in [7, 11) is -1.97. The van der Waals surface area contributed by atoms with E-state index in [9.17, 15) is 8.42 Å². The lowest BCUT2D eigenvalue weighted by Gasteiger charge is -2.12. The summed E-state index contributed by atoms with van der Waals surface area (Å²) in [5, 5.41) is 5.79. The minimum absolute atomic E-state index is 0.214. The van der Waals surface area contributed by atoms with Crippen LogP contribution in [-0.2, 0) is 10.0 Å². The number of amidine groups is 1. The lowest BCUT2D eigenvalue weighted by atomic mass is 10.2. The highest BCUT2D eigenvalue weighted by atomic mass is 32.2. The Morgan fingerprint density at radius 1 is 1.15 bits per heavy atom. The average Bonchev–Trinajstić information content (AvgIpc) is 2.93. The van der Waals surface area contributed by atoms with E-state index in [4.69, 9.17) is 4.74 Å². The van der Waals surface area contributed by atoms with Crippen LogP contribution in [0, 0.1) is 0 Å². The second-order valence-electron chi connectivity index (χ2n) is 5.93. The molecule has 0 aliphatic carbocycles. The Morgan fingerprint density at radius 2 is 1.88 bits per heavy atom. The van der Waals surface area contributed by atoms with Crippen molar-refractivity contribution >= 4 is 22.1 Å². The van der Waals surface area contributed by atoms with Gasteiger partial charge in [-0.05, 0) is 48.4 Å². The third-order valence-corrected chi connectivity index (χ3v) is 5.27. The van der Waals surface area contributed by atoms with Crippen molar-refractivity contribution in [2.75, 3.05) is 13.7 Å². The summed E-state index contributed by atoms with van der Waals surface area (Å²) in [6, 6.07) is 14.3. The van der Waals surface area contributed by atoms with Crippen LogP contribution in [0.25, 0.3) is 0 Å². The molecular weight excluding hydrogens is 350 g/mol. The number of ether oxygens (including phenoxy) is 1. The summed E-state index contributed by atoms with van der Waals surface area (Å²) in [5.74, 6) is 1.14. The molecule has 0 aromatic heterocycles. The zero-order valence-electron chi connectivity index (χ0n) is 14.8. The number of benzene rings is 2.